The molecule has 128 valence electrons. The van der Waals surface area contributed by atoms with Gasteiger partial charge in [0.2, 0.25) is 5.91 Å². The third kappa shape index (κ3) is 7.81. The van der Waals surface area contributed by atoms with Crippen molar-refractivity contribution in [2.75, 3.05) is 32.9 Å². The number of unbranched alkanes of at least 4 members (excludes halogenated alkanes) is 2. The van der Waals surface area contributed by atoms with Gasteiger partial charge >= 0.3 is 0 Å². The third-order valence-corrected chi connectivity index (χ3v) is 3.37. The molecular formula is C18H27NO4. The Morgan fingerprint density at radius 2 is 1.78 bits per heavy atom. The van der Waals surface area contributed by atoms with Gasteiger partial charge < -0.3 is 19.8 Å². The topological polar surface area (TPSA) is 70.0 Å². The smallest absolute Gasteiger partial charge is 0.246 e. The molecule has 0 aliphatic heterocycles. The van der Waals surface area contributed by atoms with E-state index >= 15 is 0 Å². The Balaban J connectivity index is 2.51. The van der Waals surface area contributed by atoms with Gasteiger partial charge in [0.15, 0.2) is 0 Å². The van der Waals surface area contributed by atoms with Crippen molar-refractivity contribution in [3.05, 3.63) is 35.9 Å². The van der Waals surface area contributed by atoms with E-state index < -0.39 is 0 Å². The summed E-state index contributed by atoms with van der Waals surface area (Å²) in [5, 5.41) is 17.8. The Morgan fingerprint density at radius 1 is 1.13 bits per heavy atom. The molecule has 0 aliphatic rings. The molecule has 5 nitrogen and oxygen atoms in total. The Kier molecular flexibility index (Phi) is 9.75. The molecule has 23 heavy (non-hydrogen) atoms. The zero-order chi connectivity index (χ0) is 16.9. The first-order chi connectivity index (χ1) is 11.2. The molecule has 0 spiro atoms. The summed E-state index contributed by atoms with van der Waals surface area (Å²) in [5.74, 6) is 0.597. The van der Waals surface area contributed by atoms with Crippen LogP contribution in [0.3, 0.4) is 0 Å². The van der Waals surface area contributed by atoms with Gasteiger partial charge in [-0.05, 0) is 30.2 Å². The van der Waals surface area contributed by atoms with Gasteiger partial charge in [-0.3, -0.25) is 4.79 Å². The highest BCUT2D eigenvalue weighted by Crippen LogP contribution is 2.14. The van der Waals surface area contributed by atoms with E-state index in [2.05, 4.69) is 6.92 Å². The van der Waals surface area contributed by atoms with Crippen LogP contribution in [0.25, 0.3) is 6.08 Å². The molecule has 5 heteroatoms. The number of carbonyl (C=O) groups is 1. The second-order valence-corrected chi connectivity index (χ2v) is 5.23. The maximum Gasteiger partial charge on any atom is 0.246 e. The van der Waals surface area contributed by atoms with Crippen LogP contribution >= 0.6 is 0 Å². The minimum absolute atomic E-state index is 0.121. The molecule has 1 aromatic carbocycles. The predicted octanol–water partition coefficient (Wildman–Crippen LogP) is 2.08. The van der Waals surface area contributed by atoms with Crippen LogP contribution in [0.4, 0.5) is 0 Å². The summed E-state index contributed by atoms with van der Waals surface area (Å²) < 4.78 is 5.64. The highest BCUT2D eigenvalue weighted by atomic mass is 16.5. The number of amides is 1. The maximum absolute atomic E-state index is 12.0. The molecule has 0 aromatic heterocycles. The minimum Gasteiger partial charge on any atom is -0.494 e. The second kappa shape index (κ2) is 11.7. The molecule has 0 atom stereocenters. The quantitative estimate of drug-likeness (QED) is 0.484. The summed E-state index contributed by atoms with van der Waals surface area (Å²) in [6.07, 6.45) is 6.55. The van der Waals surface area contributed by atoms with Crippen molar-refractivity contribution in [1.29, 1.82) is 0 Å². The van der Waals surface area contributed by atoms with Crippen molar-refractivity contribution in [1.82, 2.24) is 4.90 Å². The van der Waals surface area contributed by atoms with Gasteiger partial charge in [0.25, 0.3) is 0 Å². The van der Waals surface area contributed by atoms with Gasteiger partial charge in [0.1, 0.15) is 5.75 Å². The van der Waals surface area contributed by atoms with E-state index in [0.717, 1.165) is 24.3 Å². The molecule has 0 saturated heterocycles. The number of rotatable bonds is 11. The van der Waals surface area contributed by atoms with Crippen molar-refractivity contribution >= 4 is 12.0 Å². The van der Waals surface area contributed by atoms with E-state index in [1.54, 1.807) is 6.08 Å². The van der Waals surface area contributed by atoms with Gasteiger partial charge in [-0.1, -0.05) is 31.9 Å². The van der Waals surface area contributed by atoms with E-state index in [9.17, 15) is 4.79 Å². The molecule has 1 amide bonds. The molecule has 1 aromatic rings. The SMILES string of the molecule is CCCCCOc1ccc(/C=C/C(=O)N(CCO)CCO)cc1. The van der Waals surface area contributed by atoms with Crippen LogP contribution < -0.4 is 4.74 Å². The third-order valence-electron chi connectivity index (χ3n) is 3.37. The molecule has 0 aliphatic carbocycles. The molecule has 0 fully saturated rings. The van der Waals surface area contributed by atoms with E-state index in [4.69, 9.17) is 14.9 Å². The zero-order valence-electron chi connectivity index (χ0n) is 13.8. The number of benzene rings is 1. The number of aliphatic hydroxyl groups is 2. The summed E-state index contributed by atoms with van der Waals surface area (Å²) in [6.45, 7) is 3.07. The highest BCUT2D eigenvalue weighted by molar-refractivity contribution is 5.91. The Morgan fingerprint density at radius 3 is 2.35 bits per heavy atom. The van der Waals surface area contributed by atoms with Crippen LogP contribution in [0.5, 0.6) is 5.75 Å². The van der Waals surface area contributed by atoms with Gasteiger partial charge in [-0.25, -0.2) is 0 Å². The number of ether oxygens (including phenoxy) is 1. The first-order valence-electron chi connectivity index (χ1n) is 8.12. The number of hydrogen-bond acceptors (Lipinski definition) is 4. The fraction of sp³-hybridized carbons (Fsp3) is 0.500. The molecular weight excluding hydrogens is 294 g/mol. The lowest BCUT2D eigenvalue weighted by molar-refractivity contribution is -0.126. The molecule has 1 rings (SSSR count). The van der Waals surface area contributed by atoms with Crippen LogP contribution in [0.2, 0.25) is 0 Å². The monoisotopic (exact) mass is 321 g/mol. The van der Waals surface area contributed by atoms with Gasteiger partial charge in [-0.2, -0.15) is 0 Å². The molecule has 0 heterocycles. The molecule has 0 radical (unpaired) electrons. The number of nitrogens with zero attached hydrogens (tertiary/aromatic N) is 1. The van der Waals surface area contributed by atoms with Crippen molar-refractivity contribution in [2.45, 2.75) is 26.2 Å². The first-order valence-corrected chi connectivity index (χ1v) is 8.12. The van der Waals surface area contributed by atoms with Crippen LogP contribution in [0.1, 0.15) is 31.7 Å². The van der Waals surface area contributed by atoms with Crippen molar-refractivity contribution in [2.24, 2.45) is 0 Å². The number of carbonyl (C=O) groups excluding carboxylic acids is 1. The van der Waals surface area contributed by atoms with E-state index in [-0.39, 0.29) is 32.2 Å². The average Bonchev–Trinajstić information content (AvgIpc) is 2.57. The maximum atomic E-state index is 12.0. The lowest BCUT2D eigenvalue weighted by atomic mass is 10.2. The molecule has 0 saturated carbocycles. The van der Waals surface area contributed by atoms with Crippen molar-refractivity contribution < 1.29 is 19.7 Å². The molecule has 0 unspecified atom stereocenters. The second-order valence-electron chi connectivity index (χ2n) is 5.23. The Bertz CT molecular complexity index is 464. The number of aliphatic hydroxyl groups excluding tert-OH is 2. The summed E-state index contributed by atoms with van der Waals surface area (Å²) in [7, 11) is 0. The van der Waals surface area contributed by atoms with Crippen LogP contribution in [0.15, 0.2) is 30.3 Å². The summed E-state index contributed by atoms with van der Waals surface area (Å²) in [6, 6.07) is 7.55. The lowest BCUT2D eigenvalue weighted by Gasteiger charge is -2.18. The minimum atomic E-state index is -0.229. The Hall–Kier alpha value is -1.85. The largest absolute Gasteiger partial charge is 0.494 e. The predicted molar refractivity (Wildman–Crippen MR) is 91.2 cm³/mol. The van der Waals surface area contributed by atoms with Crippen molar-refractivity contribution in [3.8, 4) is 5.75 Å². The lowest BCUT2D eigenvalue weighted by Crippen LogP contribution is -2.34. The zero-order valence-corrected chi connectivity index (χ0v) is 13.8. The first kappa shape index (κ1) is 19.2. The summed E-state index contributed by atoms with van der Waals surface area (Å²) >= 11 is 0. The van der Waals surface area contributed by atoms with Crippen LogP contribution in [0, 0.1) is 0 Å². The van der Waals surface area contributed by atoms with E-state index in [0.29, 0.717) is 0 Å². The normalized spacial score (nSPS) is 10.9. The fourth-order valence-electron chi connectivity index (χ4n) is 2.06. The average molecular weight is 321 g/mol. The summed E-state index contributed by atoms with van der Waals surface area (Å²) in [4.78, 5) is 13.4. The molecule has 0 bridgehead atoms. The highest BCUT2D eigenvalue weighted by Gasteiger charge is 2.08. The Labute approximate surface area is 138 Å². The van der Waals surface area contributed by atoms with Gasteiger partial charge in [-0.15, -0.1) is 0 Å². The number of hydrogen-bond donors (Lipinski definition) is 2. The van der Waals surface area contributed by atoms with Gasteiger partial charge in [0, 0.05) is 19.2 Å². The van der Waals surface area contributed by atoms with E-state index in [1.807, 2.05) is 24.3 Å². The standard InChI is InChI=1S/C18H27NO4/c1-2-3-4-15-23-17-8-5-16(6-9-17)7-10-18(22)19(11-13-20)12-14-21/h5-10,20-21H,2-4,11-15H2,1H3/b10-7+. The summed E-state index contributed by atoms with van der Waals surface area (Å²) in [5.41, 5.74) is 0.896. The van der Waals surface area contributed by atoms with Gasteiger partial charge in [0.05, 0.1) is 19.8 Å². The van der Waals surface area contributed by atoms with Crippen molar-refractivity contribution in [3.63, 3.8) is 0 Å². The van der Waals surface area contributed by atoms with Crippen LogP contribution in [-0.4, -0.2) is 53.9 Å². The molecule has 2 N–H and O–H groups in total. The van der Waals surface area contributed by atoms with E-state index in [1.165, 1.54) is 23.8 Å². The fourth-order valence-corrected chi connectivity index (χ4v) is 2.06. The van der Waals surface area contributed by atoms with Crippen LogP contribution in [-0.2, 0) is 4.79 Å².